The van der Waals surface area contributed by atoms with Crippen molar-refractivity contribution in [3.05, 3.63) is 23.4 Å². The van der Waals surface area contributed by atoms with Crippen LogP contribution in [0.15, 0.2) is 12.1 Å². The lowest BCUT2D eigenvalue weighted by Gasteiger charge is -2.20. The number of hydrogen-bond acceptors (Lipinski definition) is 4. The van der Waals surface area contributed by atoms with Crippen LogP contribution in [0.2, 0.25) is 0 Å². The van der Waals surface area contributed by atoms with Gasteiger partial charge in [-0.05, 0) is 30.5 Å². The van der Waals surface area contributed by atoms with Crippen molar-refractivity contribution >= 4 is 5.82 Å². The van der Waals surface area contributed by atoms with Gasteiger partial charge in [-0.1, -0.05) is 20.8 Å². The molecule has 1 aromatic rings. The minimum Gasteiger partial charge on any atom is -0.384 e. The van der Waals surface area contributed by atoms with Crippen LogP contribution < -0.4 is 10.2 Å². The van der Waals surface area contributed by atoms with Gasteiger partial charge in [0.05, 0.1) is 6.61 Å². The van der Waals surface area contributed by atoms with Crippen LogP contribution in [0.25, 0.3) is 0 Å². The summed E-state index contributed by atoms with van der Waals surface area (Å²) in [6, 6.07) is 4.97. The quantitative estimate of drug-likeness (QED) is 0.838. The van der Waals surface area contributed by atoms with Crippen molar-refractivity contribution in [1.82, 2.24) is 10.3 Å². The van der Waals surface area contributed by atoms with E-state index >= 15 is 0 Å². The minimum absolute atomic E-state index is 0.504. The largest absolute Gasteiger partial charge is 0.384 e. The van der Waals surface area contributed by atoms with E-state index < -0.39 is 0 Å². The van der Waals surface area contributed by atoms with E-state index in [1.807, 2.05) is 0 Å². The molecule has 1 atom stereocenters. The van der Waals surface area contributed by atoms with Gasteiger partial charge in [0.1, 0.15) is 5.82 Å². The van der Waals surface area contributed by atoms with Crippen LogP contribution in [-0.4, -0.2) is 37.8 Å². The normalized spacial score (nSPS) is 18.7. The van der Waals surface area contributed by atoms with E-state index in [9.17, 15) is 0 Å². The molecule has 21 heavy (non-hydrogen) atoms. The van der Waals surface area contributed by atoms with Gasteiger partial charge in [-0.2, -0.15) is 0 Å². The van der Waals surface area contributed by atoms with Crippen molar-refractivity contribution in [2.75, 3.05) is 31.7 Å². The van der Waals surface area contributed by atoms with Crippen molar-refractivity contribution in [2.24, 2.45) is 5.92 Å². The number of rotatable bonds is 7. The zero-order chi connectivity index (χ0) is 15.2. The first-order valence-electron chi connectivity index (χ1n) is 8.09. The summed E-state index contributed by atoms with van der Waals surface area (Å²) in [4.78, 5) is 7.22. The Balaban J connectivity index is 2.09. The molecule has 1 aliphatic rings. The molecule has 0 aliphatic carbocycles. The van der Waals surface area contributed by atoms with E-state index in [-0.39, 0.29) is 0 Å². The van der Waals surface area contributed by atoms with Gasteiger partial charge in [-0.3, -0.25) is 0 Å². The van der Waals surface area contributed by atoms with Crippen LogP contribution in [0.1, 0.15) is 38.4 Å². The van der Waals surface area contributed by atoms with Crippen LogP contribution in [0, 0.1) is 5.92 Å². The van der Waals surface area contributed by atoms with E-state index in [0.29, 0.717) is 12.0 Å². The van der Waals surface area contributed by atoms with E-state index in [2.05, 4.69) is 43.1 Å². The van der Waals surface area contributed by atoms with Crippen LogP contribution in [0.5, 0.6) is 0 Å². The predicted octanol–water partition coefficient (Wildman–Crippen LogP) is 2.61. The number of nitrogens with zero attached hydrogens (tertiary/aromatic N) is 2. The molecule has 4 nitrogen and oxygen atoms in total. The highest BCUT2D eigenvalue weighted by Crippen LogP contribution is 2.24. The Hall–Kier alpha value is -1.13. The highest BCUT2D eigenvalue weighted by molar-refractivity contribution is 5.44. The third kappa shape index (κ3) is 4.68. The smallest absolute Gasteiger partial charge is 0.129 e. The van der Waals surface area contributed by atoms with E-state index in [1.54, 1.807) is 7.11 Å². The first kappa shape index (κ1) is 16.2. The van der Waals surface area contributed by atoms with Gasteiger partial charge in [0.25, 0.3) is 0 Å². The van der Waals surface area contributed by atoms with E-state index in [0.717, 1.165) is 38.5 Å². The third-order valence-electron chi connectivity index (χ3n) is 4.01. The summed E-state index contributed by atoms with van der Waals surface area (Å²) in [6.07, 6.45) is 2.18. The number of aryl methyl sites for hydroxylation is 1. The number of aromatic nitrogens is 1. The van der Waals surface area contributed by atoms with Gasteiger partial charge in [0.15, 0.2) is 0 Å². The maximum absolute atomic E-state index is 5.29. The van der Waals surface area contributed by atoms with Crippen LogP contribution in [0.3, 0.4) is 0 Å². The molecule has 1 unspecified atom stereocenters. The van der Waals surface area contributed by atoms with Crippen molar-refractivity contribution in [3.8, 4) is 0 Å². The van der Waals surface area contributed by atoms with Crippen molar-refractivity contribution in [2.45, 2.75) is 46.2 Å². The van der Waals surface area contributed by atoms with Gasteiger partial charge < -0.3 is 15.0 Å². The summed E-state index contributed by atoms with van der Waals surface area (Å²) in [6.45, 7) is 10.4. The molecule has 118 valence electrons. The summed E-state index contributed by atoms with van der Waals surface area (Å²) in [5, 5.41) is 3.49. The zero-order valence-electron chi connectivity index (χ0n) is 13.9. The fraction of sp³-hybridized carbons (Fsp3) is 0.706. The molecule has 1 aliphatic heterocycles. The highest BCUT2D eigenvalue weighted by atomic mass is 16.5. The van der Waals surface area contributed by atoms with E-state index in [4.69, 9.17) is 9.72 Å². The second-order valence-electron chi connectivity index (χ2n) is 6.27. The molecule has 1 N–H and O–H groups in total. The minimum atomic E-state index is 0.504. The number of ether oxygens (including phenoxy) is 1. The molecular weight excluding hydrogens is 262 g/mol. The zero-order valence-corrected chi connectivity index (χ0v) is 13.9. The van der Waals surface area contributed by atoms with Crippen molar-refractivity contribution < 1.29 is 4.74 Å². The summed E-state index contributed by atoms with van der Waals surface area (Å²) >= 11 is 0. The summed E-state index contributed by atoms with van der Waals surface area (Å²) < 4.78 is 5.29. The summed E-state index contributed by atoms with van der Waals surface area (Å²) in [5.74, 6) is 1.77. The Morgan fingerprint density at radius 1 is 1.43 bits per heavy atom. The predicted molar refractivity (Wildman–Crippen MR) is 87.8 cm³/mol. The van der Waals surface area contributed by atoms with Crippen LogP contribution in [0.4, 0.5) is 5.82 Å². The van der Waals surface area contributed by atoms with Gasteiger partial charge in [-0.25, -0.2) is 4.98 Å². The molecular formula is C17H29N3O. The number of methoxy groups -OCH3 is 1. The standard InChI is InChI=1S/C17H29N3O/c1-5-16-8-15(10-18-13(2)3)9-17(19-16)20-7-6-14(11-20)12-21-4/h8-9,13-14,18H,5-7,10-12H2,1-4H3. The molecule has 2 rings (SSSR count). The Kier molecular flexibility index (Phi) is 6.00. The number of hydrogen-bond donors (Lipinski definition) is 1. The average Bonchev–Trinajstić information content (AvgIpc) is 2.94. The second kappa shape index (κ2) is 7.76. The molecule has 1 saturated heterocycles. The van der Waals surface area contributed by atoms with Crippen LogP contribution in [-0.2, 0) is 17.7 Å². The Morgan fingerprint density at radius 2 is 2.24 bits per heavy atom. The molecule has 1 fully saturated rings. The monoisotopic (exact) mass is 291 g/mol. The highest BCUT2D eigenvalue weighted by Gasteiger charge is 2.23. The number of anilines is 1. The molecule has 1 aromatic heterocycles. The third-order valence-corrected chi connectivity index (χ3v) is 4.01. The lowest BCUT2D eigenvalue weighted by molar-refractivity contribution is 0.161. The van der Waals surface area contributed by atoms with E-state index in [1.165, 1.54) is 17.7 Å². The van der Waals surface area contributed by atoms with Gasteiger partial charge in [0, 0.05) is 44.4 Å². The maximum Gasteiger partial charge on any atom is 0.129 e. The topological polar surface area (TPSA) is 37.4 Å². The van der Waals surface area contributed by atoms with Gasteiger partial charge in [0.2, 0.25) is 0 Å². The fourth-order valence-electron chi connectivity index (χ4n) is 2.81. The second-order valence-corrected chi connectivity index (χ2v) is 6.27. The Morgan fingerprint density at radius 3 is 2.90 bits per heavy atom. The lowest BCUT2D eigenvalue weighted by Crippen LogP contribution is -2.24. The van der Waals surface area contributed by atoms with Crippen molar-refractivity contribution in [1.29, 1.82) is 0 Å². The summed E-state index contributed by atoms with van der Waals surface area (Å²) in [7, 11) is 1.79. The van der Waals surface area contributed by atoms with Crippen LogP contribution >= 0.6 is 0 Å². The lowest BCUT2D eigenvalue weighted by atomic mass is 10.1. The fourth-order valence-corrected chi connectivity index (χ4v) is 2.81. The molecule has 0 saturated carbocycles. The number of pyridine rings is 1. The molecule has 0 radical (unpaired) electrons. The first-order chi connectivity index (χ1) is 10.1. The molecule has 0 bridgehead atoms. The summed E-state index contributed by atoms with van der Waals surface area (Å²) in [5.41, 5.74) is 2.52. The molecule has 2 heterocycles. The first-order valence-corrected chi connectivity index (χ1v) is 8.09. The molecule has 0 spiro atoms. The maximum atomic E-state index is 5.29. The average molecular weight is 291 g/mol. The van der Waals surface area contributed by atoms with Gasteiger partial charge >= 0.3 is 0 Å². The molecule has 0 amide bonds. The Labute approximate surface area is 128 Å². The Bertz CT molecular complexity index is 448. The molecule has 0 aromatic carbocycles. The number of nitrogens with one attached hydrogen (secondary N) is 1. The van der Waals surface area contributed by atoms with Gasteiger partial charge in [-0.15, -0.1) is 0 Å². The molecule has 4 heteroatoms. The van der Waals surface area contributed by atoms with Crippen molar-refractivity contribution in [3.63, 3.8) is 0 Å². The SMILES string of the molecule is CCc1cc(CNC(C)C)cc(N2CCC(COC)C2)n1.